The SMILES string of the molecule is CC(C)(C)c1ccc(C2=CC[C@@H](S)CC2)cc1. The number of hydrogen-bond donors (Lipinski definition) is 1. The Morgan fingerprint density at radius 1 is 1.12 bits per heavy atom. The number of allylic oxidation sites excluding steroid dienone is 2. The van der Waals surface area contributed by atoms with Crippen molar-refractivity contribution in [3.63, 3.8) is 0 Å². The molecule has 0 bridgehead atoms. The van der Waals surface area contributed by atoms with E-state index in [2.05, 4.69) is 63.7 Å². The van der Waals surface area contributed by atoms with E-state index < -0.39 is 0 Å². The first-order valence-electron chi connectivity index (χ1n) is 6.45. The van der Waals surface area contributed by atoms with Gasteiger partial charge < -0.3 is 0 Å². The number of benzene rings is 1. The van der Waals surface area contributed by atoms with Gasteiger partial charge in [-0.2, -0.15) is 12.6 Å². The molecule has 1 aliphatic carbocycles. The fourth-order valence-electron chi connectivity index (χ4n) is 2.27. The summed E-state index contributed by atoms with van der Waals surface area (Å²) in [6.07, 6.45) is 5.84. The minimum absolute atomic E-state index is 0.246. The largest absolute Gasteiger partial charge is 0.176 e. The van der Waals surface area contributed by atoms with Crippen molar-refractivity contribution in [1.29, 1.82) is 0 Å². The summed E-state index contributed by atoms with van der Waals surface area (Å²) in [5.74, 6) is 0. The Morgan fingerprint density at radius 2 is 1.76 bits per heavy atom. The molecule has 0 heterocycles. The van der Waals surface area contributed by atoms with Crippen LogP contribution in [0.1, 0.15) is 51.2 Å². The molecule has 0 saturated heterocycles. The van der Waals surface area contributed by atoms with E-state index in [1.54, 1.807) is 0 Å². The van der Waals surface area contributed by atoms with E-state index >= 15 is 0 Å². The van der Waals surface area contributed by atoms with Crippen molar-refractivity contribution in [2.75, 3.05) is 0 Å². The highest BCUT2D eigenvalue weighted by Gasteiger charge is 2.15. The van der Waals surface area contributed by atoms with Crippen LogP contribution in [0.5, 0.6) is 0 Å². The van der Waals surface area contributed by atoms with Crippen molar-refractivity contribution < 1.29 is 0 Å². The van der Waals surface area contributed by atoms with E-state index in [1.165, 1.54) is 29.5 Å². The monoisotopic (exact) mass is 246 g/mol. The molecule has 0 spiro atoms. The Balaban J connectivity index is 2.19. The number of rotatable bonds is 1. The Hall–Kier alpha value is -0.690. The van der Waals surface area contributed by atoms with Gasteiger partial charge in [0.25, 0.3) is 0 Å². The van der Waals surface area contributed by atoms with E-state index in [-0.39, 0.29) is 5.41 Å². The van der Waals surface area contributed by atoms with Gasteiger partial charge in [0, 0.05) is 5.25 Å². The quantitative estimate of drug-likeness (QED) is 0.673. The van der Waals surface area contributed by atoms with E-state index in [0.29, 0.717) is 5.25 Å². The normalized spacial score (nSPS) is 21.2. The predicted molar refractivity (Wildman–Crippen MR) is 79.7 cm³/mol. The standard InChI is InChI=1S/C16H22S/c1-16(2,3)14-8-4-12(5-9-14)13-6-10-15(17)11-7-13/h4-6,8-9,15,17H,7,10-11H2,1-3H3/t15-/m1/s1. The van der Waals surface area contributed by atoms with Crippen molar-refractivity contribution >= 4 is 18.2 Å². The average Bonchev–Trinajstić information content (AvgIpc) is 2.29. The fraction of sp³-hybridized carbons (Fsp3) is 0.500. The average molecular weight is 246 g/mol. The Labute approximate surface area is 111 Å². The lowest BCUT2D eigenvalue weighted by Gasteiger charge is -2.21. The Bertz CT molecular complexity index is 406. The summed E-state index contributed by atoms with van der Waals surface area (Å²) >= 11 is 4.52. The third-order valence-electron chi connectivity index (χ3n) is 3.50. The molecule has 1 aliphatic rings. The molecular weight excluding hydrogens is 224 g/mol. The zero-order valence-electron chi connectivity index (χ0n) is 11.0. The van der Waals surface area contributed by atoms with Crippen LogP contribution < -0.4 is 0 Å². The molecule has 1 atom stereocenters. The maximum Gasteiger partial charge on any atom is 0.00546 e. The summed E-state index contributed by atoms with van der Waals surface area (Å²) < 4.78 is 0. The van der Waals surface area contributed by atoms with E-state index in [4.69, 9.17) is 0 Å². The second-order valence-electron chi connectivity index (χ2n) is 5.98. The lowest BCUT2D eigenvalue weighted by atomic mass is 9.85. The first kappa shape index (κ1) is 12.8. The third-order valence-corrected chi connectivity index (χ3v) is 3.97. The molecule has 92 valence electrons. The van der Waals surface area contributed by atoms with Crippen molar-refractivity contribution in [2.24, 2.45) is 0 Å². The molecule has 0 aliphatic heterocycles. The topological polar surface area (TPSA) is 0 Å². The zero-order valence-corrected chi connectivity index (χ0v) is 11.9. The smallest absolute Gasteiger partial charge is 0.00546 e. The van der Waals surface area contributed by atoms with Crippen LogP contribution in [0.2, 0.25) is 0 Å². The van der Waals surface area contributed by atoms with Crippen molar-refractivity contribution in [3.05, 3.63) is 41.5 Å². The molecular formula is C16H22S. The first-order chi connectivity index (χ1) is 7.97. The van der Waals surface area contributed by atoms with Gasteiger partial charge in [0.15, 0.2) is 0 Å². The Kier molecular flexibility index (Phi) is 3.67. The van der Waals surface area contributed by atoms with Crippen LogP contribution in [-0.2, 0) is 5.41 Å². The van der Waals surface area contributed by atoms with Crippen LogP contribution in [0.3, 0.4) is 0 Å². The molecule has 0 amide bonds. The highest BCUT2D eigenvalue weighted by molar-refractivity contribution is 7.80. The van der Waals surface area contributed by atoms with Crippen molar-refractivity contribution in [2.45, 2.75) is 50.7 Å². The van der Waals surface area contributed by atoms with Gasteiger partial charge >= 0.3 is 0 Å². The second kappa shape index (κ2) is 4.89. The highest BCUT2D eigenvalue weighted by Crippen LogP contribution is 2.30. The van der Waals surface area contributed by atoms with Crippen LogP contribution in [0.4, 0.5) is 0 Å². The molecule has 1 aromatic rings. The number of hydrogen-bond acceptors (Lipinski definition) is 1. The van der Waals surface area contributed by atoms with Crippen molar-refractivity contribution in [1.82, 2.24) is 0 Å². The van der Waals surface area contributed by atoms with Gasteiger partial charge in [-0.25, -0.2) is 0 Å². The molecule has 0 N–H and O–H groups in total. The molecule has 0 fully saturated rings. The highest BCUT2D eigenvalue weighted by atomic mass is 32.1. The molecule has 1 heteroatoms. The molecule has 0 saturated carbocycles. The van der Waals surface area contributed by atoms with Gasteiger partial charge in [-0.3, -0.25) is 0 Å². The lowest BCUT2D eigenvalue weighted by molar-refractivity contribution is 0.590. The minimum atomic E-state index is 0.246. The van der Waals surface area contributed by atoms with Crippen LogP contribution in [0.15, 0.2) is 30.3 Å². The van der Waals surface area contributed by atoms with Crippen LogP contribution >= 0.6 is 12.6 Å². The predicted octanol–water partition coefficient (Wildman–Crippen LogP) is 4.85. The number of thiol groups is 1. The zero-order chi connectivity index (χ0) is 12.5. The Morgan fingerprint density at radius 3 is 2.24 bits per heavy atom. The summed E-state index contributed by atoms with van der Waals surface area (Å²) in [7, 11) is 0. The van der Waals surface area contributed by atoms with Crippen LogP contribution in [0.25, 0.3) is 5.57 Å². The van der Waals surface area contributed by atoms with Crippen LogP contribution in [-0.4, -0.2) is 5.25 Å². The van der Waals surface area contributed by atoms with E-state index in [9.17, 15) is 0 Å². The van der Waals surface area contributed by atoms with Gasteiger partial charge in [0.1, 0.15) is 0 Å². The molecule has 0 nitrogen and oxygen atoms in total. The van der Waals surface area contributed by atoms with Gasteiger partial charge in [-0.1, -0.05) is 51.1 Å². The van der Waals surface area contributed by atoms with Gasteiger partial charge in [0.05, 0.1) is 0 Å². The minimum Gasteiger partial charge on any atom is -0.176 e. The maximum atomic E-state index is 4.52. The maximum absolute atomic E-state index is 4.52. The molecule has 17 heavy (non-hydrogen) atoms. The molecule has 1 aromatic carbocycles. The first-order valence-corrected chi connectivity index (χ1v) is 6.96. The second-order valence-corrected chi connectivity index (χ2v) is 6.72. The van der Waals surface area contributed by atoms with Gasteiger partial charge in [0.2, 0.25) is 0 Å². The summed E-state index contributed by atoms with van der Waals surface area (Å²) in [5, 5.41) is 0.563. The summed E-state index contributed by atoms with van der Waals surface area (Å²) in [5.41, 5.74) is 4.54. The van der Waals surface area contributed by atoms with E-state index in [1.807, 2.05) is 0 Å². The summed E-state index contributed by atoms with van der Waals surface area (Å²) in [6.45, 7) is 6.77. The fourth-order valence-corrected chi connectivity index (χ4v) is 2.50. The third kappa shape index (κ3) is 3.16. The van der Waals surface area contributed by atoms with E-state index in [0.717, 1.165) is 6.42 Å². The molecule has 0 radical (unpaired) electrons. The van der Waals surface area contributed by atoms with Crippen molar-refractivity contribution in [3.8, 4) is 0 Å². The van der Waals surface area contributed by atoms with Gasteiger partial charge in [-0.05, 0) is 41.4 Å². The van der Waals surface area contributed by atoms with Gasteiger partial charge in [-0.15, -0.1) is 0 Å². The molecule has 2 rings (SSSR count). The summed E-state index contributed by atoms with van der Waals surface area (Å²) in [6, 6.07) is 9.07. The van der Waals surface area contributed by atoms with Crippen LogP contribution in [0, 0.1) is 0 Å². The molecule has 0 aromatic heterocycles. The lowest BCUT2D eigenvalue weighted by Crippen LogP contribution is -2.10. The summed E-state index contributed by atoms with van der Waals surface area (Å²) in [4.78, 5) is 0. The molecule has 0 unspecified atom stereocenters.